The van der Waals surface area contributed by atoms with Crippen LogP contribution in [0.1, 0.15) is 42.3 Å². The van der Waals surface area contributed by atoms with Gasteiger partial charge in [0.25, 0.3) is 5.91 Å². The highest BCUT2D eigenvalue weighted by atomic mass is 16.5. The normalized spacial score (nSPS) is 16.7. The fraction of sp³-hybridized carbons (Fsp3) is 0.611. The molecule has 1 heterocycles. The predicted molar refractivity (Wildman–Crippen MR) is 89.8 cm³/mol. The number of rotatable bonds is 2. The quantitative estimate of drug-likeness (QED) is 0.842. The van der Waals surface area contributed by atoms with Gasteiger partial charge in [0, 0.05) is 37.3 Å². The van der Waals surface area contributed by atoms with Gasteiger partial charge < -0.3 is 14.5 Å². The molecular formula is C18H28N2O2. The van der Waals surface area contributed by atoms with Crippen molar-refractivity contribution in [1.82, 2.24) is 9.80 Å². The fourth-order valence-corrected chi connectivity index (χ4v) is 2.85. The second kappa shape index (κ2) is 6.29. The monoisotopic (exact) mass is 304 g/mol. The molecule has 0 saturated carbocycles. The summed E-state index contributed by atoms with van der Waals surface area (Å²) in [6.07, 6.45) is 0. The lowest BCUT2D eigenvalue weighted by Gasteiger charge is -2.33. The Bertz CT molecular complexity index is 553. The Morgan fingerprint density at radius 3 is 2.23 bits per heavy atom. The first-order valence-electron chi connectivity index (χ1n) is 7.91. The third kappa shape index (κ3) is 3.43. The van der Waals surface area contributed by atoms with Gasteiger partial charge >= 0.3 is 0 Å². The standard InChI is InChI=1S/C18H28N2O2/c1-13-11-16(22-6)15(18(2,3)4)12-14(13)17(21)20-9-7-19(5)8-10-20/h11-12H,7-10H2,1-6H3. The lowest BCUT2D eigenvalue weighted by atomic mass is 9.84. The number of aryl methyl sites for hydroxylation is 1. The Morgan fingerprint density at radius 1 is 1.14 bits per heavy atom. The average molecular weight is 304 g/mol. The first kappa shape index (κ1) is 16.8. The molecule has 1 aliphatic heterocycles. The predicted octanol–water partition coefficient (Wildman–Crippen LogP) is 2.69. The van der Waals surface area contributed by atoms with E-state index in [4.69, 9.17) is 4.74 Å². The zero-order valence-corrected chi connectivity index (χ0v) is 14.7. The molecule has 1 fully saturated rings. The van der Waals surface area contributed by atoms with Crippen molar-refractivity contribution in [3.8, 4) is 5.75 Å². The van der Waals surface area contributed by atoms with Crippen LogP contribution in [0.5, 0.6) is 5.75 Å². The van der Waals surface area contributed by atoms with Gasteiger partial charge in [-0.2, -0.15) is 0 Å². The number of hydrogen-bond donors (Lipinski definition) is 0. The minimum Gasteiger partial charge on any atom is -0.496 e. The molecule has 2 rings (SSSR count). The number of likely N-dealkylation sites (N-methyl/N-ethyl adjacent to an activating group) is 1. The summed E-state index contributed by atoms with van der Waals surface area (Å²) < 4.78 is 5.52. The number of hydrogen-bond acceptors (Lipinski definition) is 3. The zero-order chi connectivity index (χ0) is 16.5. The molecule has 1 saturated heterocycles. The number of benzene rings is 1. The van der Waals surface area contributed by atoms with E-state index in [2.05, 4.69) is 32.7 Å². The van der Waals surface area contributed by atoms with Crippen molar-refractivity contribution >= 4 is 5.91 Å². The van der Waals surface area contributed by atoms with Crippen molar-refractivity contribution in [1.29, 1.82) is 0 Å². The van der Waals surface area contributed by atoms with E-state index in [0.717, 1.165) is 48.6 Å². The van der Waals surface area contributed by atoms with Gasteiger partial charge in [0.2, 0.25) is 0 Å². The summed E-state index contributed by atoms with van der Waals surface area (Å²) in [5.41, 5.74) is 2.80. The van der Waals surface area contributed by atoms with E-state index in [9.17, 15) is 4.79 Å². The highest BCUT2D eigenvalue weighted by Crippen LogP contribution is 2.34. The zero-order valence-electron chi connectivity index (χ0n) is 14.7. The highest BCUT2D eigenvalue weighted by Gasteiger charge is 2.26. The third-order valence-corrected chi connectivity index (χ3v) is 4.38. The van der Waals surface area contributed by atoms with Gasteiger partial charge in [-0.15, -0.1) is 0 Å². The van der Waals surface area contributed by atoms with E-state index in [-0.39, 0.29) is 11.3 Å². The maximum atomic E-state index is 12.9. The van der Waals surface area contributed by atoms with E-state index in [0.29, 0.717) is 0 Å². The summed E-state index contributed by atoms with van der Waals surface area (Å²) in [4.78, 5) is 17.1. The van der Waals surface area contributed by atoms with Gasteiger partial charge in [0.1, 0.15) is 5.75 Å². The van der Waals surface area contributed by atoms with Crippen molar-refractivity contribution in [2.75, 3.05) is 40.3 Å². The molecule has 0 aromatic heterocycles. The lowest BCUT2D eigenvalue weighted by molar-refractivity contribution is 0.0663. The molecule has 0 aliphatic carbocycles. The molecule has 1 aromatic carbocycles. The first-order valence-corrected chi connectivity index (χ1v) is 7.91. The summed E-state index contributed by atoms with van der Waals surface area (Å²) in [7, 11) is 3.78. The molecule has 0 unspecified atom stereocenters. The van der Waals surface area contributed by atoms with Gasteiger partial charge in [0.05, 0.1) is 7.11 Å². The van der Waals surface area contributed by atoms with Crippen LogP contribution in [0.25, 0.3) is 0 Å². The Balaban J connectivity index is 2.36. The SMILES string of the molecule is COc1cc(C)c(C(=O)N2CCN(C)CC2)cc1C(C)(C)C. The molecule has 0 N–H and O–H groups in total. The van der Waals surface area contributed by atoms with E-state index >= 15 is 0 Å². The molecule has 122 valence electrons. The molecule has 4 heteroatoms. The summed E-state index contributed by atoms with van der Waals surface area (Å²) in [6.45, 7) is 11.9. The Hall–Kier alpha value is -1.55. The van der Waals surface area contributed by atoms with Crippen LogP contribution in [-0.2, 0) is 5.41 Å². The van der Waals surface area contributed by atoms with E-state index in [1.807, 2.05) is 24.0 Å². The second-order valence-corrected chi connectivity index (χ2v) is 7.21. The Labute approximate surface area is 134 Å². The van der Waals surface area contributed by atoms with E-state index < -0.39 is 0 Å². The minimum absolute atomic E-state index is 0.0593. The van der Waals surface area contributed by atoms with Crippen molar-refractivity contribution in [3.63, 3.8) is 0 Å². The number of methoxy groups -OCH3 is 1. The molecule has 0 atom stereocenters. The number of amides is 1. The molecule has 1 aromatic rings. The van der Waals surface area contributed by atoms with Crippen molar-refractivity contribution < 1.29 is 9.53 Å². The Kier molecular flexibility index (Phi) is 4.81. The first-order chi connectivity index (χ1) is 10.2. The Morgan fingerprint density at radius 2 is 1.73 bits per heavy atom. The number of ether oxygens (including phenoxy) is 1. The van der Waals surface area contributed by atoms with Crippen molar-refractivity contribution in [2.24, 2.45) is 0 Å². The van der Waals surface area contributed by atoms with Gasteiger partial charge in [-0.1, -0.05) is 20.8 Å². The third-order valence-electron chi connectivity index (χ3n) is 4.38. The topological polar surface area (TPSA) is 32.8 Å². The minimum atomic E-state index is -0.0593. The van der Waals surface area contributed by atoms with Crippen LogP contribution in [0.15, 0.2) is 12.1 Å². The van der Waals surface area contributed by atoms with Gasteiger partial charge in [-0.25, -0.2) is 0 Å². The maximum absolute atomic E-state index is 12.9. The van der Waals surface area contributed by atoms with Gasteiger partial charge in [-0.3, -0.25) is 4.79 Å². The van der Waals surface area contributed by atoms with E-state index in [1.54, 1.807) is 7.11 Å². The smallest absolute Gasteiger partial charge is 0.254 e. The average Bonchev–Trinajstić information content (AvgIpc) is 2.45. The number of carbonyl (C=O) groups excluding carboxylic acids is 1. The van der Waals surface area contributed by atoms with Crippen LogP contribution >= 0.6 is 0 Å². The van der Waals surface area contributed by atoms with Crippen LogP contribution in [0.2, 0.25) is 0 Å². The maximum Gasteiger partial charge on any atom is 0.254 e. The van der Waals surface area contributed by atoms with Crippen LogP contribution < -0.4 is 4.74 Å². The second-order valence-electron chi connectivity index (χ2n) is 7.21. The molecule has 4 nitrogen and oxygen atoms in total. The van der Waals surface area contributed by atoms with Crippen LogP contribution in [0, 0.1) is 6.92 Å². The van der Waals surface area contributed by atoms with E-state index in [1.165, 1.54) is 0 Å². The van der Waals surface area contributed by atoms with Crippen molar-refractivity contribution in [2.45, 2.75) is 33.1 Å². The molecule has 22 heavy (non-hydrogen) atoms. The molecule has 1 amide bonds. The molecular weight excluding hydrogens is 276 g/mol. The van der Waals surface area contributed by atoms with Crippen molar-refractivity contribution in [3.05, 3.63) is 28.8 Å². The fourth-order valence-electron chi connectivity index (χ4n) is 2.85. The number of piperazine rings is 1. The van der Waals surface area contributed by atoms with Crippen LogP contribution in [-0.4, -0.2) is 56.0 Å². The number of carbonyl (C=O) groups is 1. The largest absolute Gasteiger partial charge is 0.496 e. The molecule has 1 aliphatic rings. The number of nitrogens with zero attached hydrogens (tertiary/aromatic N) is 2. The van der Waals surface area contributed by atoms with Gasteiger partial charge in [0.15, 0.2) is 0 Å². The summed E-state index contributed by atoms with van der Waals surface area (Å²) in [6, 6.07) is 4.01. The lowest BCUT2D eigenvalue weighted by Crippen LogP contribution is -2.47. The van der Waals surface area contributed by atoms with Crippen LogP contribution in [0.3, 0.4) is 0 Å². The van der Waals surface area contributed by atoms with Crippen LogP contribution in [0.4, 0.5) is 0 Å². The molecule has 0 radical (unpaired) electrons. The summed E-state index contributed by atoms with van der Waals surface area (Å²) in [5.74, 6) is 0.999. The highest BCUT2D eigenvalue weighted by molar-refractivity contribution is 5.96. The molecule has 0 spiro atoms. The summed E-state index contributed by atoms with van der Waals surface area (Å²) in [5, 5.41) is 0. The molecule has 0 bridgehead atoms. The van der Waals surface area contributed by atoms with Gasteiger partial charge in [-0.05, 0) is 37.1 Å². The summed E-state index contributed by atoms with van der Waals surface area (Å²) >= 11 is 0.